The normalized spacial score (nSPS) is 18.1. The number of rotatable bonds is 7. The second-order valence-corrected chi connectivity index (χ2v) is 6.41. The van der Waals surface area contributed by atoms with E-state index in [1.54, 1.807) is 6.92 Å². The highest BCUT2D eigenvalue weighted by Gasteiger charge is 2.21. The van der Waals surface area contributed by atoms with Crippen LogP contribution in [0.4, 0.5) is 0 Å². The zero-order valence-electron chi connectivity index (χ0n) is 11.6. The van der Waals surface area contributed by atoms with E-state index in [-0.39, 0.29) is 0 Å². The number of hydrogen-bond acceptors (Lipinski definition) is 3. The molecule has 3 nitrogen and oxygen atoms in total. The molecular weight excluding hydrogens is 306 g/mol. The predicted molar refractivity (Wildman–Crippen MR) is 80.4 cm³/mol. The van der Waals surface area contributed by atoms with Gasteiger partial charge in [0.15, 0.2) is 0 Å². The molecule has 4 heteroatoms. The zero-order valence-corrected chi connectivity index (χ0v) is 13.2. The van der Waals surface area contributed by atoms with Crippen LogP contribution >= 0.6 is 15.9 Å². The van der Waals surface area contributed by atoms with Crippen LogP contribution in [0.2, 0.25) is 0 Å². The summed E-state index contributed by atoms with van der Waals surface area (Å²) < 4.78 is 6.61. The van der Waals surface area contributed by atoms with E-state index >= 15 is 0 Å². The van der Waals surface area contributed by atoms with Gasteiger partial charge in [-0.05, 0) is 59.8 Å². The number of aliphatic hydroxyl groups is 1. The minimum absolute atomic E-state index is 0.307. The minimum atomic E-state index is -0.772. The fraction of sp³-hybridized carbons (Fsp3) is 0.600. The molecule has 0 spiro atoms. The Hall–Kier alpha value is -0.580. The molecule has 106 valence electrons. The molecule has 1 aliphatic carbocycles. The summed E-state index contributed by atoms with van der Waals surface area (Å²) >= 11 is 3.53. The summed E-state index contributed by atoms with van der Waals surface area (Å²) in [5, 5.41) is 13.4. The molecule has 1 aromatic carbocycles. The molecule has 2 rings (SSSR count). The molecule has 0 aromatic heterocycles. The van der Waals surface area contributed by atoms with Crippen LogP contribution in [0.3, 0.4) is 0 Å². The monoisotopic (exact) mass is 327 g/mol. The maximum Gasteiger partial charge on any atom is 0.133 e. The Labute approximate surface area is 123 Å². The zero-order chi connectivity index (χ0) is 13.9. The van der Waals surface area contributed by atoms with Gasteiger partial charge in [0, 0.05) is 12.6 Å². The lowest BCUT2D eigenvalue weighted by Gasteiger charge is -2.22. The molecule has 1 fully saturated rings. The minimum Gasteiger partial charge on any atom is -0.489 e. The van der Waals surface area contributed by atoms with Crippen molar-refractivity contribution in [3.8, 4) is 5.75 Å². The first kappa shape index (κ1) is 14.8. The average Bonchev–Trinajstić information content (AvgIpc) is 3.19. The summed E-state index contributed by atoms with van der Waals surface area (Å²) in [6.07, 6.45) is 3.27. The smallest absolute Gasteiger partial charge is 0.133 e. The molecule has 0 heterocycles. The van der Waals surface area contributed by atoms with Crippen LogP contribution in [0.15, 0.2) is 22.7 Å². The summed E-state index contributed by atoms with van der Waals surface area (Å²) in [7, 11) is 0. The molecule has 1 unspecified atom stereocenters. The molecule has 0 radical (unpaired) electrons. The number of hydrogen-bond donors (Lipinski definition) is 2. The van der Waals surface area contributed by atoms with Crippen LogP contribution in [0, 0.1) is 0 Å². The van der Waals surface area contributed by atoms with E-state index in [9.17, 15) is 5.11 Å². The Kier molecular flexibility index (Phi) is 4.87. The van der Waals surface area contributed by atoms with E-state index in [1.807, 2.05) is 13.0 Å². The second kappa shape index (κ2) is 6.25. The van der Waals surface area contributed by atoms with Gasteiger partial charge in [0.2, 0.25) is 0 Å². The van der Waals surface area contributed by atoms with Gasteiger partial charge in [-0.1, -0.05) is 13.0 Å². The SMILES string of the molecule is CCC(C)(O)COc1ccc(CNC2CC2)cc1Br. The molecule has 2 N–H and O–H groups in total. The van der Waals surface area contributed by atoms with Crippen LogP contribution in [0.25, 0.3) is 0 Å². The first-order chi connectivity index (χ1) is 9.00. The van der Waals surface area contributed by atoms with E-state index in [0.29, 0.717) is 19.1 Å². The number of nitrogens with one attached hydrogen (secondary N) is 1. The average molecular weight is 328 g/mol. The van der Waals surface area contributed by atoms with E-state index in [0.717, 1.165) is 16.8 Å². The summed E-state index contributed by atoms with van der Waals surface area (Å²) in [5.74, 6) is 0.781. The van der Waals surface area contributed by atoms with E-state index in [2.05, 4.69) is 33.4 Å². The van der Waals surface area contributed by atoms with Crippen LogP contribution in [0.1, 0.15) is 38.7 Å². The van der Waals surface area contributed by atoms with Gasteiger partial charge in [-0.2, -0.15) is 0 Å². The van der Waals surface area contributed by atoms with Crippen molar-refractivity contribution in [2.75, 3.05) is 6.61 Å². The van der Waals surface area contributed by atoms with Crippen molar-refractivity contribution in [3.05, 3.63) is 28.2 Å². The lowest BCUT2D eigenvalue weighted by Crippen LogP contribution is -2.31. The van der Waals surface area contributed by atoms with Crippen LogP contribution in [0.5, 0.6) is 5.75 Å². The van der Waals surface area contributed by atoms with Crippen molar-refractivity contribution < 1.29 is 9.84 Å². The van der Waals surface area contributed by atoms with Gasteiger partial charge < -0.3 is 15.2 Å². The van der Waals surface area contributed by atoms with Crippen molar-refractivity contribution in [2.45, 2.75) is 51.3 Å². The fourth-order valence-corrected chi connectivity index (χ4v) is 2.20. The molecule has 0 bridgehead atoms. The summed E-state index contributed by atoms with van der Waals surface area (Å²) in [5.41, 5.74) is 0.472. The topological polar surface area (TPSA) is 41.5 Å². The maximum atomic E-state index is 9.93. The molecule has 19 heavy (non-hydrogen) atoms. The Morgan fingerprint density at radius 3 is 2.79 bits per heavy atom. The lowest BCUT2D eigenvalue weighted by molar-refractivity contribution is 0.00823. The van der Waals surface area contributed by atoms with Gasteiger partial charge in [-0.3, -0.25) is 0 Å². The third-order valence-corrected chi connectivity index (χ3v) is 4.09. The molecule has 1 aromatic rings. The number of halogens is 1. The molecular formula is C15H22BrNO2. The standard InChI is InChI=1S/C15H22BrNO2/c1-3-15(2,18)10-19-14-7-4-11(8-13(14)16)9-17-12-5-6-12/h4,7-8,12,17-18H,3,5-6,9-10H2,1-2H3. The van der Waals surface area contributed by atoms with Crippen molar-refractivity contribution in [1.82, 2.24) is 5.32 Å². The maximum absolute atomic E-state index is 9.93. The van der Waals surface area contributed by atoms with E-state index in [1.165, 1.54) is 18.4 Å². The quantitative estimate of drug-likeness (QED) is 0.807. The Balaban J connectivity index is 1.90. The Morgan fingerprint density at radius 2 is 2.21 bits per heavy atom. The van der Waals surface area contributed by atoms with Gasteiger partial charge in [-0.15, -0.1) is 0 Å². The lowest BCUT2D eigenvalue weighted by atomic mass is 10.1. The van der Waals surface area contributed by atoms with Crippen molar-refractivity contribution in [3.63, 3.8) is 0 Å². The first-order valence-electron chi connectivity index (χ1n) is 6.87. The second-order valence-electron chi connectivity index (χ2n) is 5.56. The van der Waals surface area contributed by atoms with Gasteiger partial charge >= 0.3 is 0 Å². The first-order valence-corrected chi connectivity index (χ1v) is 7.66. The highest BCUT2D eigenvalue weighted by molar-refractivity contribution is 9.10. The molecule has 1 atom stereocenters. The van der Waals surface area contributed by atoms with Gasteiger partial charge in [0.05, 0.1) is 10.1 Å². The van der Waals surface area contributed by atoms with E-state index < -0.39 is 5.60 Å². The third kappa shape index (κ3) is 4.79. The largest absolute Gasteiger partial charge is 0.489 e. The van der Waals surface area contributed by atoms with Gasteiger partial charge in [0.25, 0.3) is 0 Å². The van der Waals surface area contributed by atoms with Gasteiger partial charge in [0.1, 0.15) is 12.4 Å². The fourth-order valence-electron chi connectivity index (χ4n) is 1.66. The Morgan fingerprint density at radius 1 is 1.47 bits per heavy atom. The van der Waals surface area contributed by atoms with Crippen LogP contribution in [-0.2, 0) is 6.54 Å². The molecule has 1 aliphatic rings. The summed E-state index contributed by atoms with van der Waals surface area (Å²) in [4.78, 5) is 0. The van der Waals surface area contributed by atoms with Crippen molar-refractivity contribution in [1.29, 1.82) is 0 Å². The predicted octanol–water partition coefficient (Wildman–Crippen LogP) is 3.24. The Bertz CT molecular complexity index is 430. The van der Waals surface area contributed by atoms with Crippen LogP contribution in [-0.4, -0.2) is 23.4 Å². The highest BCUT2D eigenvalue weighted by Crippen LogP contribution is 2.27. The van der Waals surface area contributed by atoms with E-state index in [4.69, 9.17) is 4.74 Å². The van der Waals surface area contributed by atoms with Crippen molar-refractivity contribution >= 4 is 15.9 Å². The summed E-state index contributed by atoms with van der Waals surface area (Å²) in [6, 6.07) is 6.82. The number of ether oxygens (including phenoxy) is 1. The van der Waals surface area contributed by atoms with Crippen LogP contribution < -0.4 is 10.1 Å². The molecule has 0 saturated heterocycles. The highest BCUT2D eigenvalue weighted by atomic mass is 79.9. The molecule has 0 amide bonds. The molecule has 0 aliphatic heterocycles. The molecule has 1 saturated carbocycles. The number of benzene rings is 1. The van der Waals surface area contributed by atoms with Crippen molar-refractivity contribution in [2.24, 2.45) is 0 Å². The third-order valence-electron chi connectivity index (χ3n) is 3.47. The van der Waals surface area contributed by atoms with Gasteiger partial charge in [-0.25, -0.2) is 0 Å². The summed E-state index contributed by atoms with van der Waals surface area (Å²) in [6.45, 7) is 4.94.